The molecular formula is C19H15NO5. The van der Waals surface area contributed by atoms with Crippen molar-refractivity contribution in [3.63, 3.8) is 0 Å². The number of carbonyl (C=O) groups is 1. The Bertz CT molecular complexity index is 1020. The molecule has 25 heavy (non-hydrogen) atoms. The summed E-state index contributed by atoms with van der Waals surface area (Å²) in [6.07, 6.45) is 0. The maximum absolute atomic E-state index is 12.5. The highest BCUT2D eigenvalue weighted by Crippen LogP contribution is 2.30. The zero-order valence-corrected chi connectivity index (χ0v) is 13.2. The van der Waals surface area contributed by atoms with Gasteiger partial charge in [-0.25, -0.2) is 4.79 Å². The molecule has 2 heterocycles. The summed E-state index contributed by atoms with van der Waals surface area (Å²) < 4.78 is 10.5. The zero-order valence-electron chi connectivity index (χ0n) is 13.2. The van der Waals surface area contributed by atoms with Crippen LogP contribution in [-0.2, 0) is 20.1 Å². The molecule has 0 amide bonds. The van der Waals surface area contributed by atoms with Gasteiger partial charge in [-0.05, 0) is 34.5 Å². The first-order chi connectivity index (χ1) is 12.1. The Morgan fingerprint density at radius 3 is 2.40 bits per heavy atom. The Labute approximate surface area is 142 Å². The third-order valence-electron chi connectivity index (χ3n) is 4.30. The Morgan fingerprint density at radius 1 is 1.00 bits per heavy atom. The van der Waals surface area contributed by atoms with Crippen LogP contribution in [0.1, 0.15) is 5.56 Å². The van der Waals surface area contributed by atoms with E-state index in [2.05, 4.69) is 4.98 Å². The minimum Gasteiger partial charge on any atom is -0.477 e. The Hall–Kier alpha value is -2.96. The molecule has 6 heteroatoms. The minimum absolute atomic E-state index is 0.0676. The van der Waals surface area contributed by atoms with Crippen molar-refractivity contribution in [3.05, 3.63) is 70.5 Å². The predicted molar refractivity (Wildman–Crippen MR) is 91.2 cm³/mol. The normalized spacial score (nSPS) is 16.2. The molecule has 1 aliphatic heterocycles. The van der Waals surface area contributed by atoms with Gasteiger partial charge in [-0.1, -0.05) is 36.4 Å². The number of benzene rings is 2. The molecular weight excluding hydrogens is 322 g/mol. The lowest BCUT2D eigenvalue weighted by atomic mass is 10.0. The zero-order chi connectivity index (χ0) is 17.4. The fourth-order valence-corrected chi connectivity index (χ4v) is 3.06. The molecule has 0 aliphatic carbocycles. The van der Waals surface area contributed by atoms with Crippen molar-refractivity contribution in [1.82, 2.24) is 4.98 Å². The van der Waals surface area contributed by atoms with Crippen LogP contribution in [0, 0.1) is 0 Å². The summed E-state index contributed by atoms with van der Waals surface area (Å²) in [4.78, 5) is 26.8. The van der Waals surface area contributed by atoms with Crippen molar-refractivity contribution >= 4 is 16.7 Å². The second-order valence-corrected chi connectivity index (χ2v) is 5.80. The van der Waals surface area contributed by atoms with Crippen molar-refractivity contribution in [2.75, 3.05) is 13.2 Å². The molecule has 1 aliphatic rings. The number of ether oxygens (including phenoxy) is 2. The lowest BCUT2D eigenvalue weighted by molar-refractivity contribution is -0.205. The smallest absolute Gasteiger partial charge is 0.369 e. The van der Waals surface area contributed by atoms with Gasteiger partial charge in [-0.15, -0.1) is 0 Å². The van der Waals surface area contributed by atoms with Gasteiger partial charge in [0.15, 0.2) is 0 Å². The fourth-order valence-electron chi connectivity index (χ4n) is 3.06. The first-order valence-electron chi connectivity index (χ1n) is 7.84. The van der Waals surface area contributed by atoms with Gasteiger partial charge < -0.3 is 19.6 Å². The van der Waals surface area contributed by atoms with E-state index in [9.17, 15) is 14.7 Å². The molecule has 0 radical (unpaired) electrons. The number of fused-ring (bicyclic) bond motifs is 1. The van der Waals surface area contributed by atoms with Crippen LogP contribution < -0.4 is 5.56 Å². The van der Waals surface area contributed by atoms with Crippen molar-refractivity contribution in [1.29, 1.82) is 0 Å². The van der Waals surface area contributed by atoms with Crippen LogP contribution in [0.4, 0.5) is 0 Å². The van der Waals surface area contributed by atoms with Gasteiger partial charge in [0, 0.05) is 5.69 Å². The van der Waals surface area contributed by atoms with Gasteiger partial charge in [0.25, 0.3) is 5.56 Å². The number of H-pyrrole nitrogens is 1. The molecule has 3 aromatic rings. The lowest BCUT2D eigenvalue weighted by Gasteiger charge is -2.21. The van der Waals surface area contributed by atoms with E-state index >= 15 is 0 Å². The van der Waals surface area contributed by atoms with Gasteiger partial charge in [-0.3, -0.25) is 4.79 Å². The van der Waals surface area contributed by atoms with E-state index in [1.807, 2.05) is 42.5 Å². The van der Waals surface area contributed by atoms with Crippen LogP contribution in [-0.4, -0.2) is 29.3 Å². The van der Waals surface area contributed by atoms with Crippen LogP contribution in [0.3, 0.4) is 0 Å². The standard InChI is InChI=1S/C19H15NO5/c21-17-15(19(18(22)23)24-9-10-25-19)7-8-16(20-17)14-6-5-12-3-1-2-4-13(12)11-14/h1-8,11H,9-10H2,(H,20,21)(H,22,23). The topological polar surface area (TPSA) is 88.6 Å². The monoisotopic (exact) mass is 337 g/mol. The second-order valence-electron chi connectivity index (χ2n) is 5.80. The molecule has 0 spiro atoms. The van der Waals surface area contributed by atoms with E-state index in [1.165, 1.54) is 6.07 Å². The number of aliphatic carboxylic acids is 1. The highest BCUT2D eigenvalue weighted by atomic mass is 16.8. The molecule has 0 unspecified atom stereocenters. The average molecular weight is 337 g/mol. The van der Waals surface area contributed by atoms with Gasteiger partial charge in [-0.2, -0.15) is 0 Å². The number of aromatic nitrogens is 1. The maximum Gasteiger partial charge on any atom is 0.369 e. The number of aromatic amines is 1. The van der Waals surface area contributed by atoms with Gasteiger partial charge >= 0.3 is 11.8 Å². The van der Waals surface area contributed by atoms with Crippen LogP contribution in [0.5, 0.6) is 0 Å². The molecule has 2 N–H and O–H groups in total. The molecule has 2 aromatic carbocycles. The Kier molecular flexibility index (Phi) is 3.63. The number of hydrogen-bond acceptors (Lipinski definition) is 4. The summed E-state index contributed by atoms with van der Waals surface area (Å²) in [6, 6.07) is 16.9. The summed E-state index contributed by atoms with van der Waals surface area (Å²) >= 11 is 0. The van der Waals surface area contributed by atoms with E-state index in [1.54, 1.807) is 6.07 Å². The van der Waals surface area contributed by atoms with E-state index < -0.39 is 17.3 Å². The minimum atomic E-state index is -2.03. The maximum atomic E-state index is 12.5. The average Bonchev–Trinajstić information content (AvgIpc) is 3.12. The number of carboxylic acid groups (broad SMARTS) is 1. The van der Waals surface area contributed by atoms with Crippen LogP contribution in [0.2, 0.25) is 0 Å². The molecule has 0 atom stereocenters. The first kappa shape index (κ1) is 15.6. The molecule has 6 nitrogen and oxygen atoms in total. The molecule has 1 saturated heterocycles. The summed E-state index contributed by atoms with van der Waals surface area (Å²) in [5.74, 6) is -3.37. The second kappa shape index (κ2) is 5.84. The van der Waals surface area contributed by atoms with Crippen molar-refractivity contribution in [2.45, 2.75) is 5.79 Å². The van der Waals surface area contributed by atoms with Gasteiger partial charge in [0.2, 0.25) is 0 Å². The highest BCUT2D eigenvalue weighted by Gasteiger charge is 2.48. The highest BCUT2D eigenvalue weighted by molar-refractivity contribution is 5.86. The SMILES string of the molecule is O=C(O)C1(c2ccc(-c3ccc4ccccc4c3)[nH]c2=O)OCCO1. The largest absolute Gasteiger partial charge is 0.477 e. The van der Waals surface area contributed by atoms with Crippen molar-refractivity contribution in [2.24, 2.45) is 0 Å². The van der Waals surface area contributed by atoms with Gasteiger partial charge in [0.1, 0.15) is 0 Å². The van der Waals surface area contributed by atoms with Crippen LogP contribution >= 0.6 is 0 Å². The van der Waals surface area contributed by atoms with Crippen LogP contribution in [0.15, 0.2) is 59.4 Å². The predicted octanol–water partition coefficient (Wildman–Crippen LogP) is 2.48. The number of rotatable bonds is 3. The van der Waals surface area contributed by atoms with E-state index in [4.69, 9.17) is 9.47 Å². The number of hydrogen-bond donors (Lipinski definition) is 2. The number of carboxylic acids is 1. The molecule has 126 valence electrons. The van der Waals surface area contributed by atoms with Crippen molar-refractivity contribution in [3.8, 4) is 11.3 Å². The molecule has 0 saturated carbocycles. The Balaban J connectivity index is 1.79. The quantitative estimate of drug-likeness (QED) is 0.766. The van der Waals surface area contributed by atoms with E-state index in [0.29, 0.717) is 5.69 Å². The summed E-state index contributed by atoms with van der Waals surface area (Å²) in [5, 5.41) is 11.6. The number of pyridine rings is 1. The summed E-state index contributed by atoms with van der Waals surface area (Å²) in [6.45, 7) is 0.246. The summed E-state index contributed by atoms with van der Waals surface area (Å²) in [7, 11) is 0. The molecule has 0 bridgehead atoms. The molecule has 1 aromatic heterocycles. The Morgan fingerprint density at radius 2 is 1.72 bits per heavy atom. The third kappa shape index (κ3) is 2.52. The summed E-state index contributed by atoms with van der Waals surface area (Å²) in [5.41, 5.74) is 0.815. The third-order valence-corrected chi connectivity index (χ3v) is 4.30. The number of nitrogens with one attached hydrogen (secondary N) is 1. The molecule has 1 fully saturated rings. The first-order valence-corrected chi connectivity index (χ1v) is 7.84. The van der Waals surface area contributed by atoms with Crippen molar-refractivity contribution < 1.29 is 19.4 Å². The van der Waals surface area contributed by atoms with E-state index in [-0.39, 0.29) is 18.8 Å². The molecule has 4 rings (SSSR count). The van der Waals surface area contributed by atoms with Crippen LogP contribution in [0.25, 0.3) is 22.0 Å². The van der Waals surface area contributed by atoms with Gasteiger partial charge in [0.05, 0.1) is 18.8 Å². The lowest BCUT2D eigenvalue weighted by Crippen LogP contribution is -2.41. The fraction of sp³-hybridized carbons (Fsp3) is 0.158. The van der Waals surface area contributed by atoms with E-state index in [0.717, 1.165) is 16.3 Å².